The predicted molar refractivity (Wildman–Crippen MR) is 75.9 cm³/mol. The first-order valence-electron chi connectivity index (χ1n) is 6.73. The van der Waals surface area contributed by atoms with Gasteiger partial charge in [0.1, 0.15) is 5.82 Å². The fourth-order valence-electron chi connectivity index (χ4n) is 2.70. The Balaban J connectivity index is 2.07. The molecule has 3 rings (SSSR count). The summed E-state index contributed by atoms with van der Waals surface area (Å²) in [5.41, 5.74) is 9.48. The van der Waals surface area contributed by atoms with Gasteiger partial charge in [0.05, 0.1) is 12.3 Å². The topological polar surface area (TPSA) is 53.1 Å². The Morgan fingerprint density at radius 3 is 2.79 bits per heavy atom. The summed E-state index contributed by atoms with van der Waals surface area (Å²) in [6.07, 6.45) is 2.21. The van der Waals surface area contributed by atoms with Crippen molar-refractivity contribution in [3.05, 3.63) is 36.0 Å². The Bertz CT molecular complexity index is 556. The van der Waals surface area contributed by atoms with Crippen LogP contribution in [0.1, 0.15) is 24.5 Å². The fourth-order valence-corrected chi connectivity index (χ4v) is 2.70. The second-order valence-corrected chi connectivity index (χ2v) is 5.05. The average molecular weight is 257 g/mol. The molecule has 4 heteroatoms. The van der Waals surface area contributed by atoms with Gasteiger partial charge in [-0.3, -0.25) is 4.68 Å². The first kappa shape index (κ1) is 12.2. The van der Waals surface area contributed by atoms with Crippen molar-refractivity contribution >= 4 is 5.82 Å². The smallest absolute Gasteiger partial charge is 0.129 e. The van der Waals surface area contributed by atoms with Crippen molar-refractivity contribution in [1.82, 2.24) is 9.78 Å². The summed E-state index contributed by atoms with van der Waals surface area (Å²) in [6.45, 7) is 1.61. The zero-order chi connectivity index (χ0) is 13.2. The Labute approximate surface area is 113 Å². The normalized spacial score (nSPS) is 19.5. The Kier molecular flexibility index (Phi) is 3.25. The van der Waals surface area contributed by atoms with Crippen molar-refractivity contribution in [3.8, 4) is 11.1 Å². The van der Waals surface area contributed by atoms with Crippen LogP contribution in [0.3, 0.4) is 0 Å². The highest BCUT2D eigenvalue weighted by Gasteiger charge is 2.25. The van der Waals surface area contributed by atoms with Crippen LogP contribution in [-0.4, -0.2) is 23.0 Å². The number of hydrogen-bond acceptors (Lipinski definition) is 3. The summed E-state index contributed by atoms with van der Waals surface area (Å²) in [5, 5.41) is 4.62. The lowest BCUT2D eigenvalue weighted by atomic mass is 9.93. The molecule has 1 fully saturated rings. The van der Waals surface area contributed by atoms with Gasteiger partial charge in [0.15, 0.2) is 0 Å². The molecule has 0 amide bonds. The lowest BCUT2D eigenvalue weighted by Gasteiger charge is -2.21. The van der Waals surface area contributed by atoms with Crippen molar-refractivity contribution in [2.75, 3.05) is 18.9 Å². The number of anilines is 1. The molecule has 2 N–H and O–H groups in total. The van der Waals surface area contributed by atoms with E-state index in [2.05, 4.69) is 17.2 Å². The van der Waals surface area contributed by atoms with Gasteiger partial charge in [0.25, 0.3) is 0 Å². The molecular weight excluding hydrogens is 238 g/mol. The molecule has 100 valence electrons. The van der Waals surface area contributed by atoms with Crippen molar-refractivity contribution in [2.45, 2.75) is 18.8 Å². The van der Waals surface area contributed by atoms with E-state index < -0.39 is 0 Å². The molecule has 0 radical (unpaired) electrons. The number of hydrogen-bond donors (Lipinski definition) is 1. The predicted octanol–water partition coefficient (Wildman–Crippen LogP) is 2.56. The molecular formula is C15H19N3O. The number of nitrogens with two attached hydrogens (primary N) is 1. The number of aryl methyl sites for hydroxylation is 1. The van der Waals surface area contributed by atoms with Crippen LogP contribution in [0.5, 0.6) is 0 Å². The molecule has 1 atom stereocenters. The van der Waals surface area contributed by atoms with E-state index in [1.54, 1.807) is 4.68 Å². The van der Waals surface area contributed by atoms with Gasteiger partial charge in [-0.2, -0.15) is 5.10 Å². The second kappa shape index (κ2) is 5.05. The van der Waals surface area contributed by atoms with Gasteiger partial charge in [-0.15, -0.1) is 0 Å². The average Bonchev–Trinajstić information content (AvgIpc) is 2.77. The monoisotopic (exact) mass is 257 g/mol. The molecule has 1 saturated heterocycles. The van der Waals surface area contributed by atoms with Gasteiger partial charge in [-0.25, -0.2) is 0 Å². The zero-order valence-electron chi connectivity index (χ0n) is 11.2. The van der Waals surface area contributed by atoms with Crippen LogP contribution in [0.25, 0.3) is 11.1 Å². The Morgan fingerprint density at radius 2 is 2.11 bits per heavy atom. The summed E-state index contributed by atoms with van der Waals surface area (Å²) in [4.78, 5) is 0. The number of nitrogen functional groups attached to an aromatic ring is 1. The van der Waals surface area contributed by atoms with Crippen molar-refractivity contribution < 1.29 is 4.74 Å². The van der Waals surface area contributed by atoms with Crippen LogP contribution < -0.4 is 5.73 Å². The lowest BCUT2D eigenvalue weighted by Crippen LogP contribution is -2.16. The Hall–Kier alpha value is -1.81. The van der Waals surface area contributed by atoms with Crippen LogP contribution in [-0.2, 0) is 11.8 Å². The fraction of sp³-hybridized carbons (Fsp3) is 0.400. The third-order valence-corrected chi connectivity index (χ3v) is 3.73. The van der Waals surface area contributed by atoms with Gasteiger partial charge in [0.2, 0.25) is 0 Å². The minimum absolute atomic E-state index is 0.354. The molecule has 0 spiro atoms. The zero-order valence-corrected chi connectivity index (χ0v) is 11.2. The molecule has 1 unspecified atom stereocenters. The molecule has 2 heterocycles. The van der Waals surface area contributed by atoms with E-state index in [1.807, 2.05) is 25.2 Å². The highest BCUT2D eigenvalue weighted by Crippen LogP contribution is 2.36. The largest absolute Gasteiger partial charge is 0.383 e. The highest BCUT2D eigenvalue weighted by atomic mass is 16.5. The Morgan fingerprint density at radius 1 is 1.32 bits per heavy atom. The van der Waals surface area contributed by atoms with Gasteiger partial charge in [0, 0.05) is 25.1 Å². The van der Waals surface area contributed by atoms with Crippen molar-refractivity contribution in [1.29, 1.82) is 0 Å². The quantitative estimate of drug-likeness (QED) is 0.899. The molecule has 19 heavy (non-hydrogen) atoms. The SMILES string of the molecule is Cn1nc(C2CCCOC2)c(-c2ccccc2)c1N. The molecule has 0 bridgehead atoms. The van der Waals surface area contributed by atoms with Crippen LogP contribution in [0.4, 0.5) is 5.82 Å². The van der Waals surface area contributed by atoms with Crippen LogP contribution in [0.15, 0.2) is 30.3 Å². The van der Waals surface area contributed by atoms with Crippen LogP contribution >= 0.6 is 0 Å². The van der Waals surface area contributed by atoms with E-state index in [0.717, 1.165) is 48.7 Å². The van der Waals surface area contributed by atoms with E-state index in [1.165, 1.54) is 0 Å². The molecule has 1 aromatic carbocycles. The van der Waals surface area contributed by atoms with Gasteiger partial charge >= 0.3 is 0 Å². The number of nitrogens with zero attached hydrogens (tertiary/aromatic N) is 2. The first-order valence-corrected chi connectivity index (χ1v) is 6.73. The minimum Gasteiger partial charge on any atom is -0.383 e. The first-order chi connectivity index (χ1) is 9.27. The third-order valence-electron chi connectivity index (χ3n) is 3.73. The number of ether oxygens (including phenoxy) is 1. The second-order valence-electron chi connectivity index (χ2n) is 5.05. The van der Waals surface area contributed by atoms with E-state index in [4.69, 9.17) is 10.5 Å². The summed E-state index contributed by atoms with van der Waals surface area (Å²) < 4.78 is 7.36. The lowest BCUT2D eigenvalue weighted by molar-refractivity contribution is 0.0793. The summed E-state index contributed by atoms with van der Waals surface area (Å²) >= 11 is 0. The minimum atomic E-state index is 0.354. The number of aromatic nitrogens is 2. The third kappa shape index (κ3) is 2.24. The standard InChI is InChI=1S/C15H19N3O/c1-18-15(16)13(11-6-3-2-4-7-11)14(17-18)12-8-5-9-19-10-12/h2-4,6-7,12H,5,8-10,16H2,1H3. The highest BCUT2D eigenvalue weighted by molar-refractivity contribution is 5.77. The van der Waals surface area contributed by atoms with E-state index in [9.17, 15) is 0 Å². The van der Waals surface area contributed by atoms with Crippen LogP contribution in [0, 0.1) is 0 Å². The van der Waals surface area contributed by atoms with Gasteiger partial charge < -0.3 is 10.5 Å². The molecule has 2 aromatic rings. The maximum Gasteiger partial charge on any atom is 0.129 e. The molecule has 1 aliphatic rings. The number of benzene rings is 1. The summed E-state index contributed by atoms with van der Waals surface area (Å²) in [5.74, 6) is 1.08. The van der Waals surface area contributed by atoms with Gasteiger partial charge in [-0.05, 0) is 18.4 Å². The van der Waals surface area contributed by atoms with Crippen molar-refractivity contribution in [2.24, 2.45) is 7.05 Å². The molecule has 0 aliphatic carbocycles. The number of rotatable bonds is 2. The van der Waals surface area contributed by atoms with Crippen molar-refractivity contribution in [3.63, 3.8) is 0 Å². The summed E-state index contributed by atoms with van der Waals surface area (Å²) in [6, 6.07) is 10.2. The van der Waals surface area contributed by atoms with Crippen LogP contribution in [0.2, 0.25) is 0 Å². The maximum atomic E-state index is 6.20. The van der Waals surface area contributed by atoms with E-state index >= 15 is 0 Å². The molecule has 1 aliphatic heterocycles. The van der Waals surface area contributed by atoms with Gasteiger partial charge in [-0.1, -0.05) is 30.3 Å². The maximum absolute atomic E-state index is 6.20. The summed E-state index contributed by atoms with van der Waals surface area (Å²) in [7, 11) is 1.90. The molecule has 4 nitrogen and oxygen atoms in total. The van der Waals surface area contributed by atoms with E-state index in [0.29, 0.717) is 5.92 Å². The molecule has 1 aromatic heterocycles. The molecule has 0 saturated carbocycles. The van der Waals surface area contributed by atoms with E-state index in [-0.39, 0.29) is 0 Å².